The standard InChI is InChI=1S/C46H61NO13/c1-23(2)12-11-17-43(8)18-16-27-36(58-43)26(14-13-24(3)4)38-31(37(27)57-40-35(52)34(51)33(50)29(22-48)56-40)32(49)28-20-44(47-9)21-30-42(6,7)60-45(41(44)54,46(28,30)59-38)19-15-25(5)39(53)55-10/h12-13,15-16,18,28-30,33-35,40,47-48,50-52H,11,14,17,19-22H2,1-10H3/t28?,29-,30?,33-,34+,35-,40+,43?,44?,45?,46?/m1/s1. The Labute approximate surface area is 351 Å². The van der Waals surface area contributed by atoms with Gasteiger partial charge in [-0.3, -0.25) is 9.59 Å². The molecule has 60 heavy (non-hydrogen) atoms. The van der Waals surface area contributed by atoms with Crippen LogP contribution >= 0.6 is 0 Å². The lowest BCUT2D eigenvalue weighted by Gasteiger charge is -2.64. The predicted octanol–water partition coefficient (Wildman–Crippen LogP) is 4.22. The molecule has 1 spiro atoms. The zero-order valence-corrected chi connectivity index (χ0v) is 36.3. The van der Waals surface area contributed by atoms with E-state index in [4.69, 9.17) is 28.4 Å². The number of nitrogens with one attached hydrogen (secondary N) is 1. The number of esters is 1. The molecular weight excluding hydrogens is 774 g/mol. The molecule has 0 amide bonds. The second kappa shape index (κ2) is 15.5. The van der Waals surface area contributed by atoms with Crippen molar-refractivity contribution in [3.8, 4) is 17.2 Å². The van der Waals surface area contributed by atoms with Crippen LogP contribution in [-0.4, -0.2) is 117 Å². The number of aliphatic hydroxyl groups is 4. The van der Waals surface area contributed by atoms with E-state index in [0.717, 1.165) is 11.1 Å². The minimum absolute atomic E-state index is 0.0398. The zero-order chi connectivity index (χ0) is 43.9. The van der Waals surface area contributed by atoms with Crippen molar-refractivity contribution in [3.63, 3.8) is 0 Å². The first-order chi connectivity index (χ1) is 28.2. The topological polar surface area (TPSA) is 200 Å². The first kappa shape index (κ1) is 44.2. The van der Waals surface area contributed by atoms with Crippen LogP contribution < -0.4 is 19.5 Å². The summed E-state index contributed by atoms with van der Waals surface area (Å²) in [6, 6.07) is 0. The first-order valence-electron chi connectivity index (χ1n) is 20.9. The summed E-state index contributed by atoms with van der Waals surface area (Å²) in [6.45, 7) is 14.7. The highest BCUT2D eigenvalue weighted by Crippen LogP contribution is 2.71. The van der Waals surface area contributed by atoms with E-state index in [2.05, 4.69) is 11.4 Å². The molecule has 4 heterocycles. The van der Waals surface area contributed by atoms with Gasteiger partial charge in [0.15, 0.2) is 22.8 Å². The highest BCUT2D eigenvalue weighted by molar-refractivity contribution is 6.11. The number of hydrogen-bond donors (Lipinski definition) is 5. The number of methoxy groups -OCH3 is 1. The van der Waals surface area contributed by atoms with Gasteiger partial charge in [-0.2, -0.15) is 0 Å². The van der Waals surface area contributed by atoms with Gasteiger partial charge >= 0.3 is 5.97 Å². The van der Waals surface area contributed by atoms with Crippen LogP contribution in [0.3, 0.4) is 0 Å². The van der Waals surface area contributed by atoms with Gasteiger partial charge in [-0.15, -0.1) is 0 Å². The van der Waals surface area contributed by atoms with Gasteiger partial charge in [0, 0.05) is 23.5 Å². The van der Waals surface area contributed by atoms with E-state index < -0.39 is 88.8 Å². The van der Waals surface area contributed by atoms with Gasteiger partial charge in [-0.05, 0) is 107 Å². The molecule has 1 aromatic rings. The van der Waals surface area contributed by atoms with E-state index in [-0.39, 0.29) is 47.7 Å². The summed E-state index contributed by atoms with van der Waals surface area (Å²) in [5, 5.41) is 46.1. The Morgan fingerprint density at radius 1 is 0.950 bits per heavy atom. The van der Waals surface area contributed by atoms with Crippen molar-refractivity contribution in [2.75, 3.05) is 20.8 Å². The van der Waals surface area contributed by atoms with Crippen molar-refractivity contribution >= 4 is 23.6 Å². The molecule has 8 rings (SSSR count). The van der Waals surface area contributed by atoms with E-state index in [9.17, 15) is 25.2 Å². The average molecular weight is 836 g/mol. The summed E-state index contributed by atoms with van der Waals surface area (Å²) in [5.74, 6) is -2.26. The smallest absolute Gasteiger partial charge is 0.333 e. The lowest BCUT2D eigenvalue weighted by molar-refractivity contribution is -0.277. The monoisotopic (exact) mass is 835 g/mol. The highest BCUT2D eigenvalue weighted by Gasteiger charge is 2.86. The van der Waals surface area contributed by atoms with E-state index in [1.807, 2.05) is 66.7 Å². The number of rotatable bonds is 12. The summed E-state index contributed by atoms with van der Waals surface area (Å²) in [5.41, 5.74) is -2.93. The molecule has 3 saturated carbocycles. The molecule has 7 aliphatic rings. The molecule has 2 saturated heterocycles. The third-order valence-electron chi connectivity index (χ3n) is 13.8. The number of ether oxygens (including phenoxy) is 6. The number of ketones is 2. The minimum atomic E-state index is -1.79. The summed E-state index contributed by atoms with van der Waals surface area (Å²) in [7, 11) is 2.98. The molecule has 4 bridgehead atoms. The lowest BCUT2D eigenvalue weighted by Crippen LogP contribution is -2.83. The number of aliphatic hydroxyl groups excluding tert-OH is 4. The number of allylic oxidation sites excluding steroid dienone is 4. The Bertz CT molecular complexity index is 2080. The van der Waals surface area contributed by atoms with Gasteiger partial charge < -0.3 is 54.2 Å². The van der Waals surface area contributed by atoms with Gasteiger partial charge in [-0.1, -0.05) is 29.4 Å². The van der Waals surface area contributed by atoms with Gasteiger partial charge in [0.25, 0.3) is 0 Å². The first-order valence-corrected chi connectivity index (χ1v) is 20.9. The van der Waals surface area contributed by atoms with Crippen LogP contribution in [-0.2, 0) is 30.2 Å². The molecule has 6 unspecified atom stereocenters. The van der Waals surface area contributed by atoms with Gasteiger partial charge in [0.1, 0.15) is 52.8 Å². The maximum atomic E-state index is 15.9. The largest absolute Gasteiger partial charge is 0.482 e. The van der Waals surface area contributed by atoms with E-state index in [1.54, 1.807) is 20.0 Å². The van der Waals surface area contributed by atoms with Crippen molar-refractivity contribution in [1.29, 1.82) is 0 Å². The van der Waals surface area contributed by atoms with Crippen molar-refractivity contribution < 1.29 is 63.2 Å². The quantitative estimate of drug-likeness (QED) is 0.114. The van der Waals surface area contributed by atoms with Crippen LogP contribution in [0.15, 0.2) is 41.0 Å². The molecule has 328 valence electrons. The van der Waals surface area contributed by atoms with E-state index >= 15 is 9.59 Å². The van der Waals surface area contributed by atoms with E-state index in [1.165, 1.54) is 7.11 Å². The van der Waals surface area contributed by atoms with Crippen LogP contribution in [0.5, 0.6) is 17.2 Å². The Morgan fingerprint density at radius 2 is 1.65 bits per heavy atom. The normalized spacial score (nSPS) is 37.0. The fourth-order valence-electron chi connectivity index (χ4n) is 10.6. The number of carbonyl (C=O) groups is 3. The molecule has 11 atom stereocenters. The van der Waals surface area contributed by atoms with Crippen LogP contribution in [0.2, 0.25) is 0 Å². The fourth-order valence-corrected chi connectivity index (χ4v) is 10.6. The van der Waals surface area contributed by atoms with Crippen molar-refractivity contribution in [3.05, 3.63) is 57.7 Å². The summed E-state index contributed by atoms with van der Waals surface area (Å²) in [4.78, 5) is 43.9. The molecule has 0 aromatic heterocycles. The zero-order valence-electron chi connectivity index (χ0n) is 36.3. The molecule has 5 N–H and O–H groups in total. The molecule has 0 radical (unpaired) electrons. The molecule has 3 aliphatic carbocycles. The summed E-state index contributed by atoms with van der Waals surface area (Å²) in [6.07, 6.45) is 3.24. The van der Waals surface area contributed by atoms with Crippen molar-refractivity contribution in [2.24, 2.45) is 11.8 Å². The van der Waals surface area contributed by atoms with Crippen molar-refractivity contribution in [1.82, 2.24) is 5.32 Å². The highest BCUT2D eigenvalue weighted by atomic mass is 16.7. The van der Waals surface area contributed by atoms with Crippen LogP contribution in [0.4, 0.5) is 0 Å². The minimum Gasteiger partial charge on any atom is -0.482 e. The lowest BCUT2D eigenvalue weighted by atomic mass is 9.44. The average Bonchev–Trinajstić information content (AvgIpc) is 3.35. The molecule has 14 heteroatoms. The molecule has 14 nitrogen and oxygen atoms in total. The maximum absolute atomic E-state index is 15.9. The number of benzene rings is 1. The Kier molecular flexibility index (Phi) is 11.4. The van der Waals surface area contributed by atoms with E-state index in [0.29, 0.717) is 36.1 Å². The van der Waals surface area contributed by atoms with Gasteiger partial charge in [0.05, 0.1) is 36.3 Å². The summed E-state index contributed by atoms with van der Waals surface area (Å²) >= 11 is 0. The SMILES string of the molecule is CNC12CC3C(=O)c4c(O[C@@H]5O[C@H](CO)[C@@H](O)[C@H](O)[C@H]5O)c5c(c(CC=C(C)C)c4OC34C(C1)C(C)(C)OC4(CC=C(C)C(=O)OC)C2=O)OC(C)(CCC=C(C)C)C=C5. The second-order valence-electron chi connectivity index (χ2n) is 18.7. The number of likely N-dealkylation sites (N-methyl/N-ethyl adjacent to an activating group) is 1. The number of Topliss-reactive ketones (excluding diaryl/α,β-unsaturated/α-hetero) is 2. The fraction of sp³-hybridized carbons (Fsp3) is 0.630. The summed E-state index contributed by atoms with van der Waals surface area (Å²) < 4.78 is 39.0. The van der Waals surface area contributed by atoms with Crippen LogP contribution in [0.1, 0.15) is 109 Å². The molecule has 5 fully saturated rings. The Balaban J connectivity index is 1.51. The maximum Gasteiger partial charge on any atom is 0.333 e. The number of carbonyl (C=O) groups excluding carboxylic acids is 3. The second-order valence-corrected chi connectivity index (χ2v) is 18.7. The Morgan fingerprint density at radius 3 is 2.28 bits per heavy atom. The van der Waals surface area contributed by atoms with Gasteiger partial charge in [0.2, 0.25) is 6.29 Å². The number of fused-ring (bicyclic) bond motifs is 2. The Hall–Kier alpha value is -3.89. The predicted molar refractivity (Wildman–Crippen MR) is 220 cm³/mol. The third kappa shape index (κ3) is 6.60. The van der Waals surface area contributed by atoms with Crippen molar-refractivity contribution in [2.45, 2.75) is 153 Å². The molecule has 1 aromatic carbocycles. The van der Waals surface area contributed by atoms with Gasteiger partial charge in [-0.25, -0.2) is 4.79 Å². The number of hydrogen-bond acceptors (Lipinski definition) is 14. The third-order valence-corrected chi connectivity index (χ3v) is 13.8. The molecule has 4 aliphatic heterocycles. The van der Waals surface area contributed by atoms with Crippen LogP contribution in [0, 0.1) is 11.8 Å². The van der Waals surface area contributed by atoms with Crippen LogP contribution in [0.25, 0.3) is 6.08 Å². The molecular formula is C46H61NO13.